The van der Waals surface area contributed by atoms with Gasteiger partial charge in [-0.2, -0.15) is 10.2 Å². The third-order valence-electron chi connectivity index (χ3n) is 3.20. The Balaban J connectivity index is 1.84. The number of rotatable bonds is 4. The maximum atomic E-state index is 13.8. The molecule has 0 atom stereocenters. The molecule has 0 aliphatic carbocycles. The first-order chi connectivity index (χ1) is 11.2. The topological polar surface area (TPSA) is 61.9 Å². The highest BCUT2D eigenvalue weighted by Crippen LogP contribution is 2.27. The van der Waals surface area contributed by atoms with Gasteiger partial charge >= 0.3 is 0 Å². The number of hydrogen-bond acceptors (Lipinski definition) is 4. The second kappa shape index (κ2) is 6.51. The number of halogens is 2. The number of aromatic nitrogens is 1. The number of benzene rings is 2. The summed E-state index contributed by atoms with van der Waals surface area (Å²) in [6, 6.07) is 15.3. The fraction of sp³-hybridized carbons (Fsp3) is 0.0588. The third-order valence-corrected chi connectivity index (χ3v) is 3.46. The van der Waals surface area contributed by atoms with Crippen LogP contribution in [0, 0.1) is 17.1 Å². The van der Waals surface area contributed by atoms with E-state index >= 15 is 0 Å². The molecule has 114 valence electrons. The highest BCUT2D eigenvalue weighted by atomic mass is 35.5. The van der Waals surface area contributed by atoms with E-state index in [1.54, 1.807) is 30.3 Å². The first-order valence-corrected chi connectivity index (χ1v) is 7.19. The van der Waals surface area contributed by atoms with Crippen LogP contribution in [0.25, 0.3) is 11.5 Å². The van der Waals surface area contributed by atoms with Crippen molar-refractivity contribution in [1.82, 2.24) is 4.98 Å². The normalized spacial score (nSPS) is 10.3. The fourth-order valence-electron chi connectivity index (χ4n) is 2.05. The van der Waals surface area contributed by atoms with Gasteiger partial charge in [-0.1, -0.05) is 35.9 Å². The van der Waals surface area contributed by atoms with E-state index in [0.717, 1.165) is 5.56 Å². The van der Waals surface area contributed by atoms with Gasteiger partial charge in [0, 0.05) is 11.6 Å². The van der Waals surface area contributed by atoms with Crippen molar-refractivity contribution in [3.8, 4) is 17.5 Å². The zero-order chi connectivity index (χ0) is 16.2. The molecule has 1 heterocycles. The highest BCUT2D eigenvalue weighted by Gasteiger charge is 2.16. The summed E-state index contributed by atoms with van der Waals surface area (Å²) in [6.45, 7) is 0.428. The lowest BCUT2D eigenvalue weighted by molar-refractivity contribution is 0.571. The summed E-state index contributed by atoms with van der Waals surface area (Å²) in [4.78, 5) is 4.03. The van der Waals surface area contributed by atoms with Crippen LogP contribution in [0.3, 0.4) is 0 Å². The summed E-state index contributed by atoms with van der Waals surface area (Å²) in [5.74, 6) is -0.179. The second-order valence-corrected chi connectivity index (χ2v) is 5.20. The van der Waals surface area contributed by atoms with Gasteiger partial charge in [0.15, 0.2) is 0 Å². The first-order valence-electron chi connectivity index (χ1n) is 6.81. The van der Waals surface area contributed by atoms with Gasteiger partial charge in [0.05, 0.1) is 5.56 Å². The van der Waals surface area contributed by atoms with Crippen molar-refractivity contribution in [3.63, 3.8) is 0 Å². The van der Waals surface area contributed by atoms with Crippen LogP contribution < -0.4 is 5.32 Å². The molecular weight excluding hydrogens is 317 g/mol. The lowest BCUT2D eigenvalue weighted by atomic mass is 10.2. The molecule has 0 aliphatic heterocycles. The average Bonchev–Trinajstić information content (AvgIpc) is 2.98. The summed E-state index contributed by atoms with van der Waals surface area (Å²) in [5.41, 5.74) is 1.25. The molecule has 6 heteroatoms. The van der Waals surface area contributed by atoms with Crippen LogP contribution in [0.4, 0.5) is 10.3 Å². The molecule has 0 saturated heterocycles. The van der Waals surface area contributed by atoms with Crippen LogP contribution in [0.5, 0.6) is 0 Å². The molecule has 3 rings (SSSR count). The largest absolute Gasteiger partial charge is 0.419 e. The van der Waals surface area contributed by atoms with E-state index in [2.05, 4.69) is 10.3 Å². The predicted octanol–water partition coefficient (Wildman–Crippen LogP) is 4.62. The molecule has 2 aromatic carbocycles. The summed E-state index contributed by atoms with van der Waals surface area (Å²) >= 11 is 5.83. The lowest BCUT2D eigenvalue weighted by Crippen LogP contribution is -1.99. The van der Waals surface area contributed by atoms with Gasteiger partial charge < -0.3 is 9.73 Å². The van der Waals surface area contributed by atoms with Gasteiger partial charge in [0.1, 0.15) is 11.9 Å². The van der Waals surface area contributed by atoms with Gasteiger partial charge in [0.2, 0.25) is 17.5 Å². The molecular formula is C17H11ClFN3O. The van der Waals surface area contributed by atoms with Crippen molar-refractivity contribution in [3.05, 3.63) is 70.6 Å². The van der Waals surface area contributed by atoms with Crippen LogP contribution in [0.2, 0.25) is 5.02 Å². The number of anilines is 1. The van der Waals surface area contributed by atoms with Crippen LogP contribution in [-0.2, 0) is 6.54 Å². The van der Waals surface area contributed by atoms with Gasteiger partial charge in [0.25, 0.3) is 0 Å². The third kappa shape index (κ3) is 3.33. The summed E-state index contributed by atoms with van der Waals surface area (Å²) in [5, 5.41) is 12.8. The molecule has 0 spiro atoms. The average molecular weight is 328 g/mol. The Labute approximate surface area is 137 Å². The molecule has 3 aromatic rings. The monoisotopic (exact) mass is 327 g/mol. The van der Waals surface area contributed by atoms with Crippen LogP contribution in [-0.4, -0.2) is 4.98 Å². The van der Waals surface area contributed by atoms with Crippen molar-refractivity contribution < 1.29 is 8.81 Å². The Morgan fingerprint density at radius 1 is 1.17 bits per heavy atom. The summed E-state index contributed by atoms with van der Waals surface area (Å²) < 4.78 is 19.3. The fourth-order valence-corrected chi connectivity index (χ4v) is 2.18. The number of hydrogen-bond donors (Lipinski definition) is 1. The molecule has 0 amide bonds. The lowest BCUT2D eigenvalue weighted by Gasteiger charge is -2.03. The quantitative estimate of drug-likeness (QED) is 0.759. The maximum Gasteiger partial charge on any atom is 0.233 e. The van der Waals surface area contributed by atoms with Crippen molar-refractivity contribution in [2.75, 3.05) is 5.32 Å². The minimum absolute atomic E-state index is 0.0678. The first kappa shape index (κ1) is 15.1. The van der Waals surface area contributed by atoms with Gasteiger partial charge in [-0.15, -0.1) is 0 Å². The van der Waals surface area contributed by atoms with Crippen LogP contribution >= 0.6 is 11.6 Å². The van der Waals surface area contributed by atoms with E-state index in [9.17, 15) is 4.39 Å². The van der Waals surface area contributed by atoms with Crippen molar-refractivity contribution >= 4 is 17.5 Å². The van der Waals surface area contributed by atoms with Crippen LogP contribution in [0.1, 0.15) is 11.3 Å². The Hall–Kier alpha value is -2.84. The Morgan fingerprint density at radius 2 is 1.91 bits per heavy atom. The molecule has 1 aromatic heterocycles. The van der Waals surface area contributed by atoms with Crippen molar-refractivity contribution in [2.45, 2.75) is 6.54 Å². The smallest absolute Gasteiger partial charge is 0.233 e. The molecule has 23 heavy (non-hydrogen) atoms. The molecule has 0 fully saturated rings. The Bertz CT molecular complexity index is 868. The van der Waals surface area contributed by atoms with Crippen molar-refractivity contribution in [1.29, 1.82) is 5.26 Å². The van der Waals surface area contributed by atoms with E-state index in [0.29, 0.717) is 11.6 Å². The number of oxazole rings is 1. The minimum atomic E-state index is -0.456. The van der Waals surface area contributed by atoms with E-state index in [4.69, 9.17) is 21.3 Å². The highest BCUT2D eigenvalue weighted by molar-refractivity contribution is 6.30. The predicted molar refractivity (Wildman–Crippen MR) is 85.4 cm³/mol. The molecule has 0 radical (unpaired) electrons. The minimum Gasteiger partial charge on any atom is -0.419 e. The van der Waals surface area contributed by atoms with E-state index < -0.39 is 5.82 Å². The molecule has 0 saturated carbocycles. The zero-order valence-electron chi connectivity index (χ0n) is 11.9. The summed E-state index contributed by atoms with van der Waals surface area (Å²) in [6.07, 6.45) is 0. The van der Waals surface area contributed by atoms with E-state index in [1.807, 2.05) is 18.2 Å². The number of nitrogens with zero attached hydrogens (tertiary/aromatic N) is 2. The SMILES string of the molecule is N#Cc1nc(-c2ccccc2F)oc1NCc1ccc(Cl)cc1. The van der Waals surface area contributed by atoms with E-state index in [1.165, 1.54) is 6.07 Å². The van der Waals surface area contributed by atoms with Gasteiger partial charge in [-0.3, -0.25) is 0 Å². The second-order valence-electron chi connectivity index (χ2n) is 4.77. The molecule has 1 N–H and O–H groups in total. The van der Waals surface area contributed by atoms with Gasteiger partial charge in [-0.05, 0) is 29.8 Å². The van der Waals surface area contributed by atoms with Crippen LogP contribution in [0.15, 0.2) is 52.9 Å². The Kier molecular flexibility index (Phi) is 4.26. The number of nitrogens with one attached hydrogen (secondary N) is 1. The molecule has 0 unspecified atom stereocenters. The molecule has 0 bridgehead atoms. The van der Waals surface area contributed by atoms with Gasteiger partial charge in [-0.25, -0.2) is 4.39 Å². The number of nitriles is 1. The maximum absolute atomic E-state index is 13.8. The summed E-state index contributed by atoms with van der Waals surface area (Å²) in [7, 11) is 0. The Morgan fingerprint density at radius 3 is 2.61 bits per heavy atom. The van der Waals surface area contributed by atoms with Crippen molar-refractivity contribution in [2.24, 2.45) is 0 Å². The van der Waals surface area contributed by atoms with E-state index in [-0.39, 0.29) is 23.0 Å². The zero-order valence-corrected chi connectivity index (χ0v) is 12.6. The standard InChI is InChI=1S/C17H11ClFN3O/c18-12-7-5-11(6-8-12)10-21-17-15(9-20)22-16(23-17)13-3-1-2-4-14(13)19/h1-8,21H,10H2. The molecule has 0 aliphatic rings. The molecule has 4 nitrogen and oxygen atoms in total.